The quantitative estimate of drug-likeness (QED) is 0.465. The van der Waals surface area contributed by atoms with Crippen LogP contribution in [0.25, 0.3) is 10.6 Å². The number of nitrogens with one attached hydrogen (secondary N) is 3. The molecule has 0 spiro atoms. The molecule has 2 aromatic heterocycles. The monoisotopic (exact) mass is 459 g/mol. The molecule has 3 N–H and O–H groups in total. The number of urea groups is 1. The Hall–Kier alpha value is -3.67. The number of imide groups is 1. The van der Waals surface area contributed by atoms with Gasteiger partial charge in [0.2, 0.25) is 5.95 Å². The van der Waals surface area contributed by atoms with Gasteiger partial charge in [0.25, 0.3) is 5.91 Å². The lowest BCUT2D eigenvalue weighted by Crippen LogP contribution is -2.40. The maximum Gasteiger partial charge on any atom is 0.325 e. The van der Waals surface area contributed by atoms with Crippen LogP contribution < -0.4 is 16.0 Å². The topological polar surface area (TPSA) is 112 Å². The summed E-state index contributed by atoms with van der Waals surface area (Å²) in [6, 6.07) is 5.30. The molecule has 3 heterocycles. The summed E-state index contributed by atoms with van der Waals surface area (Å²) >= 11 is 1.17. The number of halogens is 2. The summed E-state index contributed by atoms with van der Waals surface area (Å²) in [4.78, 5) is 38.0. The van der Waals surface area contributed by atoms with Gasteiger partial charge in [0.1, 0.15) is 17.1 Å². The smallest absolute Gasteiger partial charge is 0.325 e. The van der Waals surface area contributed by atoms with Crippen LogP contribution in [0.15, 0.2) is 36.7 Å². The van der Waals surface area contributed by atoms with Crippen LogP contribution in [0.2, 0.25) is 0 Å². The molecule has 1 fully saturated rings. The molecule has 1 aliphatic rings. The van der Waals surface area contributed by atoms with Crippen molar-refractivity contribution in [2.45, 2.75) is 19.4 Å². The minimum Gasteiger partial charge on any atom is -0.352 e. The van der Waals surface area contributed by atoms with E-state index in [4.69, 9.17) is 0 Å². The molecule has 1 saturated heterocycles. The lowest BCUT2D eigenvalue weighted by molar-refractivity contribution is -0.130. The summed E-state index contributed by atoms with van der Waals surface area (Å²) < 4.78 is 27.4. The maximum absolute atomic E-state index is 14.3. The second-order valence-corrected chi connectivity index (χ2v) is 8.52. The van der Waals surface area contributed by atoms with Crippen molar-refractivity contribution in [1.29, 1.82) is 0 Å². The average molecular weight is 459 g/mol. The van der Waals surface area contributed by atoms with Gasteiger partial charge in [0, 0.05) is 25.0 Å². The Balaban J connectivity index is 1.42. The zero-order valence-corrected chi connectivity index (χ0v) is 18.0. The summed E-state index contributed by atoms with van der Waals surface area (Å²) in [7, 11) is 0. The lowest BCUT2D eigenvalue weighted by Gasteiger charge is -2.16. The van der Waals surface area contributed by atoms with Crippen molar-refractivity contribution < 1.29 is 18.4 Å². The summed E-state index contributed by atoms with van der Waals surface area (Å²) in [5.41, 5.74) is -0.243. The van der Waals surface area contributed by atoms with Gasteiger partial charge in [-0.25, -0.2) is 28.5 Å². The predicted octanol–water partition coefficient (Wildman–Crippen LogP) is 3.36. The zero-order valence-electron chi connectivity index (χ0n) is 17.1. The van der Waals surface area contributed by atoms with Crippen LogP contribution in [-0.4, -0.2) is 50.4 Å². The van der Waals surface area contributed by atoms with Gasteiger partial charge in [-0.3, -0.25) is 9.69 Å². The van der Waals surface area contributed by atoms with Crippen LogP contribution in [0.1, 0.15) is 13.8 Å². The number of carbonyl (C=O) groups is 2. The minimum absolute atomic E-state index is 0.0586. The average Bonchev–Trinajstić information content (AvgIpc) is 3.28. The number of thiazole rings is 1. The fraction of sp³-hybridized carbons (Fsp3) is 0.250. The SMILES string of the molecule is CC1(C)NC(=O)N(CCNc2ncc(F)c(-c3cnc(Nc4ccc(F)cc4)s3)n2)C1=O. The molecule has 0 saturated carbocycles. The van der Waals surface area contributed by atoms with E-state index in [1.54, 1.807) is 26.0 Å². The maximum atomic E-state index is 14.3. The van der Waals surface area contributed by atoms with Gasteiger partial charge >= 0.3 is 6.03 Å². The first-order valence-electron chi connectivity index (χ1n) is 9.62. The first kappa shape index (κ1) is 21.6. The van der Waals surface area contributed by atoms with Gasteiger partial charge in [-0.1, -0.05) is 11.3 Å². The van der Waals surface area contributed by atoms with E-state index in [0.29, 0.717) is 15.7 Å². The summed E-state index contributed by atoms with van der Waals surface area (Å²) in [6.07, 6.45) is 2.51. The Labute approximate surface area is 185 Å². The number of nitrogens with zero attached hydrogens (tertiary/aromatic N) is 4. The second-order valence-electron chi connectivity index (χ2n) is 7.49. The van der Waals surface area contributed by atoms with E-state index in [9.17, 15) is 18.4 Å². The van der Waals surface area contributed by atoms with Crippen molar-refractivity contribution in [3.05, 3.63) is 48.3 Å². The standard InChI is InChI=1S/C20H19F2N7O2S/c1-20(2)16(30)29(19(31)28-20)8-7-23-17-24-9-13(22)15(27-17)14-10-25-18(32-14)26-12-5-3-11(21)4-6-12/h3-6,9-10H,7-8H2,1-2H3,(H,25,26)(H,28,31)(H,23,24,27). The molecule has 0 bridgehead atoms. The van der Waals surface area contributed by atoms with E-state index in [1.165, 1.54) is 29.7 Å². The molecule has 0 aliphatic carbocycles. The van der Waals surface area contributed by atoms with E-state index in [0.717, 1.165) is 11.1 Å². The molecule has 0 atom stereocenters. The van der Waals surface area contributed by atoms with Gasteiger partial charge in [-0.05, 0) is 38.1 Å². The number of carbonyl (C=O) groups excluding carboxylic acids is 2. The zero-order chi connectivity index (χ0) is 22.9. The number of rotatable bonds is 7. The van der Waals surface area contributed by atoms with E-state index >= 15 is 0 Å². The highest BCUT2D eigenvalue weighted by molar-refractivity contribution is 7.18. The third kappa shape index (κ3) is 4.49. The molecule has 12 heteroatoms. The molecular weight excluding hydrogens is 440 g/mol. The molecule has 32 heavy (non-hydrogen) atoms. The van der Waals surface area contributed by atoms with Crippen LogP contribution in [-0.2, 0) is 4.79 Å². The number of amides is 3. The highest BCUT2D eigenvalue weighted by Crippen LogP contribution is 2.31. The highest BCUT2D eigenvalue weighted by Gasteiger charge is 2.43. The Morgan fingerprint density at radius 2 is 1.88 bits per heavy atom. The van der Waals surface area contributed by atoms with Crippen molar-refractivity contribution in [2.75, 3.05) is 23.7 Å². The predicted molar refractivity (Wildman–Crippen MR) is 116 cm³/mol. The van der Waals surface area contributed by atoms with Crippen molar-refractivity contribution >= 4 is 40.0 Å². The van der Waals surface area contributed by atoms with Gasteiger partial charge in [-0.15, -0.1) is 0 Å². The molecule has 3 amide bonds. The van der Waals surface area contributed by atoms with Crippen molar-refractivity contribution in [3.8, 4) is 10.6 Å². The van der Waals surface area contributed by atoms with Gasteiger partial charge in [0.15, 0.2) is 10.9 Å². The normalized spacial score (nSPS) is 15.1. The number of aromatic nitrogens is 3. The Morgan fingerprint density at radius 3 is 2.56 bits per heavy atom. The van der Waals surface area contributed by atoms with Crippen LogP contribution >= 0.6 is 11.3 Å². The number of hydrogen-bond donors (Lipinski definition) is 3. The number of hydrogen-bond acceptors (Lipinski definition) is 8. The molecule has 3 aromatic rings. The third-order valence-electron chi connectivity index (χ3n) is 4.64. The third-order valence-corrected chi connectivity index (χ3v) is 5.56. The van der Waals surface area contributed by atoms with E-state index in [2.05, 4.69) is 30.9 Å². The fourth-order valence-corrected chi connectivity index (χ4v) is 3.85. The summed E-state index contributed by atoms with van der Waals surface area (Å²) in [6.45, 7) is 3.56. The van der Waals surface area contributed by atoms with Crippen LogP contribution in [0, 0.1) is 11.6 Å². The fourth-order valence-electron chi connectivity index (χ4n) is 3.02. The summed E-state index contributed by atoms with van der Waals surface area (Å²) in [5.74, 6) is -1.15. The Kier molecular flexibility index (Phi) is 5.70. The van der Waals surface area contributed by atoms with Crippen LogP contribution in [0.3, 0.4) is 0 Å². The van der Waals surface area contributed by atoms with E-state index in [-0.39, 0.29) is 36.5 Å². The molecule has 1 aliphatic heterocycles. The molecule has 1 aromatic carbocycles. The molecule has 9 nitrogen and oxygen atoms in total. The van der Waals surface area contributed by atoms with Crippen LogP contribution in [0.5, 0.6) is 0 Å². The van der Waals surface area contributed by atoms with Gasteiger partial charge in [0.05, 0.1) is 11.1 Å². The van der Waals surface area contributed by atoms with Crippen molar-refractivity contribution in [1.82, 2.24) is 25.2 Å². The van der Waals surface area contributed by atoms with Gasteiger partial charge < -0.3 is 16.0 Å². The van der Waals surface area contributed by atoms with Crippen molar-refractivity contribution in [2.24, 2.45) is 0 Å². The molecular formula is C20H19F2N7O2S. The highest BCUT2D eigenvalue weighted by atomic mass is 32.1. The second kappa shape index (κ2) is 8.46. The Bertz CT molecular complexity index is 1170. The molecule has 0 radical (unpaired) electrons. The molecule has 166 valence electrons. The van der Waals surface area contributed by atoms with E-state index < -0.39 is 17.4 Å². The largest absolute Gasteiger partial charge is 0.352 e. The number of benzene rings is 1. The van der Waals surface area contributed by atoms with Crippen LogP contribution in [0.4, 0.5) is 30.3 Å². The van der Waals surface area contributed by atoms with Gasteiger partial charge in [-0.2, -0.15) is 0 Å². The molecule has 4 rings (SSSR count). The van der Waals surface area contributed by atoms with Crippen molar-refractivity contribution in [3.63, 3.8) is 0 Å². The first-order chi connectivity index (χ1) is 15.2. The number of anilines is 3. The summed E-state index contributed by atoms with van der Waals surface area (Å²) in [5, 5.41) is 9.01. The first-order valence-corrected chi connectivity index (χ1v) is 10.4. The Morgan fingerprint density at radius 1 is 1.12 bits per heavy atom. The minimum atomic E-state index is -0.942. The molecule has 0 unspecified atom stereocenters. The van der Waals surface area contributed by atoms with E-state index in [1.807, 2.05) is 0 Å². The lowest BCUT2D eigenvalue weighted by atomic mass is 10.1.